The Morgan fingerprint density at radius 3 is 2.64 bits per heavy atom. The van der Waals surface area contributed by atoms with Crippen LogP contribution < -0.4 is 0 Å². The summed E-state index contributed by atoms with van der Waals surface area (Å²) in [5.41, 5.74) is -0.858. The van der Waals surface area contributed by atoms with E-state index >= 15 is 0 Å². The average molecular weight is 196 g/mol. The van der Waals surface area contributed by atoms with Crippen LogP contribution in [0.25, 0.3) is 0 Å². The molecule has 0 spiro atoms. The highest BCUT2D eigenvalue weighted by atomic mass is 16.3. The van der Waals surface area contributed by atoms with Gasteiger partial charge in [-0.1, -0.05) is 32.9 Å². The second-order valence-corrected chi connectivity index (χ2v) is 4.48. The van der Waals surface area contributed by atoms with E-state index in [4.69, 9.17) is 0 Å². The van der Waals surface area contributed by atoms with E-state index in [0.29, 0.717) is 18.1 Å². The van der Waals surface area contributed by atoms with Crippen molar-refractivity contribution >= 4 is 0 Å². The maximum atomic E-state index is 10.3. The van der Waals surface area contributed by atoms with Crippen LogP contribution in [0.1, 0.15) is 33.6 Å². The Kier molecular flexibility index (Phi) is 3.38. The van der Waals surface area contributed by atoms with Crippen molar-refractivity contribution in [1.82, 2.24) is 0 Å². The average Bonchev–Trinajstić information content (AvgIpc) is 2.12. The van der Waals surface area contributed by atoms with Crippen LogP contribution in [0.15, 0.2) is 24.0 Å². The molecule has 0 saturated carbocycles. The zero-order valence-corrected chi connectivity index (χ0v) is 9.20. The van der Waals surface area contributed by atoms with Crippen LogP contribution in [0.5, 0.6) is 0 Å². The molecule has 0 aromatic heterocycles. The summed E-state index contributed by atoms with van der Waals surface area (Å²) in [6.45, 7) is 6.14. The van der Waals surface area contributed by atoms with Crippen LogP contribution in [-0.4, -0.2) is 15.8 Å². The number of aliphatic hydroxyl groups is 2. The predicted octanol–water partition coefficient (Wildman–Crippen LogP) is 2.80. The van der Waals surface area contributed by atoms with E-state index < -0.39 is 5.60 Å². The minimum Gasteiger partial charge on any atom is -0.512 e. The van der Waals surface area contributed by atoms with E-state index in [0.717, 1.165) is 6.42 Å². The molecule has 2 nitrogen and oxygen atoms in total. The zero-order valence-electron chi connectivity index (χ0n) is 9.20. The first-order chi connectivity index (χ1) is 6.49. The van der Waals surface area contributed by atoms with Crippen molar-refractivity contribution in [2.45, 2.75) is 39.2 Å². The standard InChI is InChI=1S/C12H20O2/c1-4-12(14)7-5-6-11(13)10(12)8-9(2)3/h5-7,9-10,13-14H,4,8H2,1-3H3. The van der Waals surface area contributed by atoms with Crippen LogP contribution >= 0.6 is 0 Å². The minimum absolute atomic E-state index is 0.141. The first kappa shape index (κ1) is 11.3. The molecule has 0 amide bonds. The maximum absolute atomic E-state index is 10.3. The normalized spacial score (nSPS) is 32.1. The summed E-state index contributed by atoms with van der Waals surface area (Å²) in [4.78, 5) is 0. The zero-order chi connectivity index (χ0) is 10.8. The lowest BCUT2D eigenvalue weighted by molar-refractivity contribution is 0.0116. The van der Waals surface area contributed by atoms with Gasteiger partial charge in [-0.05, 0) is 24.8 Å². The van der Waals surface area contributed by atoms with E-state index in [9.17, 15) is 10.2 Å². The summed E-state index contributed by atoms with van der Waals surface area (Å²) in [7, 11) is 0. The summed E-state index contributed by atoms with van der Waals surface area (Å²) in [5.74, 6) is 0.642. The van der Waals surface area contributed by atoms with E-state index in [-0.39, 0.29) is 5.92 Å². The molecular weight excluding hydrogens is 176 g/mol. The van der Waals surface area contributed by atoms with E-state index in [1.54, 1.807) is 18.2 Å². The van der Waals surface area contributed by atoms with Gasteiger partial charge in [-0.3, -0.25) is 0 Å². The Bertz CT molecular complexity index is 253. The quantitative estimate of drug-likeness (QED) is 0.728. The summed E-state index contributed by atoms with van der Waals surface area (Å²) < 4.78 is 0. The number of rotatable bonds is 3. The van der Waals surface area contributed by atoms with Gasteiger partial charge >= 0.3 is 0 Å². The van der Waals surface area contributed by atoms with Crippen LogP contribution in [0.4, 0.5) is 0 Å². The molecule has 0 aromatic rings. The molecule has 0 saturated heterocycles. The van der Waals surface area contributed by atoms with Crippen LogP contribution in [0, 0.1) is 11.8 Å². The fourth-order valence-electron chi connectivity index (χ4n) is 1.96. The maximum Gasteiger partial charge on any atom is 0.0985 e. The van der Waals surface area contributed by atoms with Gasteiger partial charge in [0.05, 0.1) is 11.4 Å². The van der Waals surface area contributed by atoms with Crippen molar-refractivity contribution < 1.29 is 10.2 Å². The SMILES string of the molecule is CCC1(O)C=CC=C(O)C1CC(C)C. The van der Waals surface area contributed by atoms with E-state index in [1.165, 1.54) is 0 Å². The number of hydrogen-bond donors (Lipinski definition) is 2. The van der Waals surface area contributed by atoms with Gasteiger partial charge in [0, 0.05) is 5.92 Å². The van der Waals surface area contributed by atoms with Gasteiger partial charge in [0.15, 0.2) is 0 Å². The molecule has 1 rings (SSSR count). The third-order valence-electron chi connectivity index (χ3n) is 2.89. The van der Waals surface area contributed by atoms with Gasteiger partial charge in [0.1, 0.15) is 0 Å². The lowest BCUT2D eigenvalue weighted by atomic mass is 9.76. The van der Waals surface area contributed by atoms with Gasteiger partial charge in [-0.15, -0.1) is 0 Å². The Morgan fingerprint density at radius 2 is 2.14 bits per heavy atom. The molecule has 0 aromatic carbocycles. The molecule has 2 atom stereocenters. The molecule has 0 heterocycles. The molecule has 1 aliphatic rings. The fourth-order valence-corrected chi connectivity index (χ4v) is 1.96. The highest BCUT2D eigenvalue weighted by molar-refractivity contribution is 5.24. The number of allylic oxidation sites excluding steroid dienone is 2. The van der Waals surface area contributed by atoms with E-state index in [2.05, 4.69) is 13.8 Å². The molecule has 2 heteroatoms. The molecule has 0 bridgehead atoms. The molecular formula is C12H20O2. The van der Waals surface area contributed by atoms with Crippen molar-refractivity contribution in [1.29, 1.82) is 0 Å². The summed E-state index contributed by atoms with van der Waals surface area (Å²) >= 11 is 0. The fraction of sp³-hybridized carbons (Fsp3) is 0.667. The molecule has 1 aliphatic carbocycles. The summed E-state index contributed by atoms with van der Waals surface area (Å²) in [6, 6.07) is 0. The molecule has 2 unspecified atom stereocenters. The minimum atomic E-state index is -0.858. The largest absolute Gasteiger partial charge is 0.512 e. The summed E-state index contributed by atoms with van der Waals surface area (Å²) in [5, 5.41) is 20.0. The molecule has 0 radical (unpaired) electrons. The first-order valence-electron chi connectivity index (χ1n) is 5.30. The smallest absolute Gasteiger partial charge is 0.0985 e. The van der Waals surface area contributed by atoms with Gasteiger partial charge in [-0.2, -0.15) is 0 Å². The van der Waals surface area contributed by atoms with Crippen molar-refractivity contribution in [3.8, 4) is 0 Å². The number of hydrogen-bond acceptors (Lipinski definition) is 2. The second-order valence-electron chi connectivity index (χ2n) is 4.48. The predicted molar refractivity (Wildman–Crippen MR) is 58.0 cm³/mol. The Morgan fingerprint density at radius 1 is 1.50 bits per heavy atom. The van der Waals surface area contributed by atoms with Crippen LogP contribution in [0.2, 0.25) is 0 Å². The molecule has 14 heavy (non-hydrogen) atoms. The third kappa shape index (κ3) is 2.18. The first-order valence-corrected chi connectivity index (χ1v) is 5.30. The van der Waals surface area contributed by atoms with E-state index in [1.807, 2.05) is 6.92 Å². The highest BCUT2D eigenvalue weighted by Crippen LogP contribution is 2.35. The Labute approximate surface area is 86.0 Å². The van der Waals surface area contributed by atoms with Gasteiger partial charge in [0.25, 0.3) is 0 Å². The van der Waals surface area contributed by atoms with Gasteiger partial charge < -0.3 is 10.2 Å². The topological polar surface area (TPSA) is 40.5 Å². The molecule has 2 N–H and O–H groups in total. The van der Waals surface area contributed by atoms with Crippen molar-refractivity contribution in [3.05, 3.63) is 24.0 Å². The molecule has 0 fully saturated rings. The second kappa shape index (κ2) is 4.18. The summed E-state index contributed by atoms with van der Waals surface area (Å²) in [6.07, 6.45) is 6.66. The number of aliphatic hydroxyl groups excluding tert-OH is 1. The monoisotopic (exact) mass is 196 g/mol. The lowest BCUT2D eigenvalue weighted by Crippen LogP contribution is -2.38. The van der Waals surface area contributed by atoms with Crippen molar-refractivity contribution in [3.63, 3.8) is 0 Å². The van der Waals surface area contributed by atoms with Gasteiger partial charge in [0.2, 0.25) is 0 Å². The lowest BCUT2D eigenvalue weighted by Gasteiger charge is -2.35. The van der Waals surface area contributed by atoms with Gasteiger partial charge in [-0.25, -0.2) is 0 Å². The van der Waals surface area contributed by atoms with Crippen molar-refractivity contribution in [2.75, 3.05) is 0 Å². The van der Waals surface area contributed by atoms with Crippen LogP contribution in [0.3, 0.4) is 0 Å². The third-order valence-corrected chi connectivity index (χ3v) is 2.89. The Hall–Kier alpha value is -0.760. The van der Waals surface area contributed by atoms with Crippen LogP contribution in [-0.2, 0) is 0 Å². The molecule has 80 valence electrons. The highest BCUT2D eigenvalue weighted by Gasteiger charge is 2.37. The molecule has 0 aliphatic heterocycles. The Balaban J connectivity index is 2.86. The van der Waals surface area contributed by atoms with Crippen molar-refractivity contribution in [2.24, 2.45) is 11.8 Å².